The van der Waals surface area contributed by atoms with Crippen LogP contribution in [0.3, 0.4) is 0 Å². The summed E-state index contributed by atoms with van der Waals surface area (Å²) >= 11 is 0. The van der Waals surface area contributed by atoms with Gasteiger partial charge in [-0.3, -0.25) is 4.68 Å². The Morgan fingerprint density at radius 3 is 3.10 bits per heavy atom. The molecule has 0 saturated heterocycles. The van der Waals surface area contributed by atoms with E-state index in [0.29, 0.717) is 5.92 Å². The Balaban J connectivity index is 1.62. The maximum absolute atomic E-state index is 5.33. The van der Waals surface area contributed by atoms with Gasteiger partial charge in [-0.2, -0.15) is 5.10 Å². The van der Waals surface area contributed by atoms with Crippen LogP contribution >= 0.6 is 0 Å². The molecule has 21 heavy (non-hydrogen) atoms. The number of methoxy groups -OCH3 is 1. The normalized spacial score (nSPS) is 17.5. The molecule has 0 radical (unpaired) electrons. The van der Waals surface area contributed by atoms with Crippen molar-refractivity contribution in [3.05, 3.63) is 47.3 Å². The van der Waals surface area contributed by atoms with Crippen LogP contribution in [0.4, 0.5) is 0 Å². The lowest BCUT2D eigenvalue weighted by molar-refractivity contribution is 0.412. The molecule has 0 bridgehead atoms. The maximum Gasteiger partial charge on any atom is 0.119 e. The highest BCUT2D eigenvalue weighted by Gasteiger charge is 2.20. The van der Waals surface area contributed by atoms with Crippen molar-refractivity contribution in [1.82, 2.24) is 15.1 Å². The van der Waals surface area contributed by atoms with Gasteiger partial charge in [0.05, 0.1) is 13.3 Å². The zero-order valence-corrected chi connectivity index (χ0v) is 12.8. The van der Waals surface area contributed by atoms with E-state index in [9.17, 15) is 0 Å². The number of nitrogens with zero attached hydrogens (tertiary/aromatic N) is 2. The molecule has 1 aliphatic carbocycles. The molecule has 1 unspecified atom stereocenters. The number of nitrogens with one attached hydrogen (secondary N) is 1. The fourth-order valence-corrected chi connectivity index (χ4v) is 3.18. The van der Waals surface area contributed by atoms with E-state index in [0.717, 1.165) is 18.8 Å². The molecular formula is C17H23N3O. The summed E-state index contributed by atoms with van der Waals surface area (Å²) < 4.78 is 7.18. The van der Waals surface area contributed by atoms with Crippen LogP contribution in [-0.4, -0.2) is 23.4 Å². The molecule has 4 nitrogen and oxygen atoms in total. The third-order valence-corrected chi connectivity index (χ3v) is 4.27. The minimum atomic E-state index is 0.608. The van der Waals surface area contributed by atoms with E-state index >= 15 is 0 Å². The summed E-state index contributed by atoms with van der Waals surface area (Å²) in [7, 11) is 3.69. The number of fused-ring (bicyclic) bond motifs is 1. The number of hydrogen-bond acceptors (Lipinski definition) is 3. The maximum atomic E-state index is 5.33. The monoisotopic (exact) mass is 285 g/mol. The van der Waals surface area contributed by atoms with Gasteiger partial charge in [0, 0.05) is 31.9 Å². The van der Waals surface area contributed by atoms with E-state index in [4.69, 9.17) is 4.74 Å². The minimum absolute atomic E-state index is 0.608. The Bertz CT molecular complexity index is 606. The van der Waals surface area contributed by atoms with Gasteiger partial charge in [0.2, 0.25) is 0 Å². The molecule has 112 valence electrons. The summed E-state index contributed by atoms with van der Waals surface area (Å²) in [5, 5.41) is 7.77. The van der Waals surface area contributed by atoms with Crippen LogP contribution in [0.2, 0.25) is 0 Å². The molecule has 1 aromatic carbocycles. The predicted octanol–water partition coefficient (Wildman–Crippen LogP) is 2.64. The highest BCUT2D eigenvalue weighted by Crippen LogP contribution is 2.33. The van der Waals surface area contributed by atoms with Crippen LogP contribution in [0.25, 0.3) is 0 Å². The number of aromatic nitrogens is 2. The van der Waals surface area contributed by atoms with Crippen molar-refractivity contribution in [3.63, 3.8) is 0 Å². The second-order valence-corrected chi connectivity index (χ2v) is 5.81. The van der Waals surface area contributed by atoms with Crippen LogP contribution in [0, 0.1) is 0 Å². The van der Waals surface area contributed by atoms with E-state index in [-0.39, 0.29) is 0 Å². The van der Waals surface area contributed by atoms with Gasteiger partial charge in [-0.1, -0.05) is 6.07 Å². The first-order chi connectivity index (χ1) is 10.3. The Morgan fingerprint density at radius 1 is 1.43 bits per heavy atom. The van der Waals surface area contributed by atoms with Crippen molar-refractivity contribution in [2.45, 2.75) is 31.7 Å². The highest BCUT2D eigenvalue weighted by atomic mass is 16.5. The third kappa shape index (κ3) is 3.27. The first kappa shape index (κ1) is 14.1. The largest absolute Gasteiger partial charge is 0.497 e. The van der Waals surface area contributed by atoms with Crippen LogP contribution in [0.1, 0.15) is 35.4 Å². The van der Waals surface area contributed by atoms with Crippen molar-refractivity contribution in [3.8, 4) is 5.75 Å². The molecule has 2 aromatic rings. The average molecular weight is 285 g/mol. The quantitative estimate of drug-likeness (QED) is 0.918. The Labute approximate surface area is 126 Å². The van der Waals surface area contributed by atoms with Gasteiger partial charge in [-0.25, -0.2) is 0 Å². The van der Waals surface area contributed by atoms with Crippen LogP contribution in [0.15, 0.2) is 30.6 Å². The summed E-state index contributed by atoms with van der Waals surface area (Å²) in [4.78, 5) is 0. The molecule has 0 spiro atoms. The van der Waals surface area contributed by atoms with E-state index in [2.05, 4.69) is 34.8 Å². The van der Waals surface area contributed by atoms with Gasteiger partial charge in [0.25, 0.3) is 0 Å². The number of ether oxygens (including phenoxy) is 1. The highest BCUT2D eigenvalue weighted by molar-refractivity contribution is 5.39. The van der Waals surface area contributed by atoms with Crippen LogP contribution < -0.4 is 10.1 Å². The fourth-order valence-electron chi connectivity index (χ4n) is 3.18. The Morgan fingerprint density at radius 2 is 2.33 bits per heavy atom. The van der Waals surface area contributed by atoms with Crippen molar-refractivity contribution in [2.75, 3.05) is 13.7 Å². The van der Waals surface area contributed by atoms with Crippen LogP contribution in [0.5, 0.6) is 5.75 Å². The van der Waals surface area contributed by atoms with E-state index in [1.165, 1.54) is 36.0 Å². The average Bonchev–Trinajstić information content (AvgIpc) is 2.92. The smallest absolute Gasteiger partial charge is 0.119 e. The molecule has 1 heterocycles. The standard InChI is InChI=1S/C17H23N3O/c1-20-12-13(10-19-20)9-18-11-15-5-3-4-14-8-16(21-2)6-7-17(14)15/h6-8,10,12,15,18H,3-5,9,11H2,1-2H3. The number of benzene rings is 1. The van der Waals surface area contributed by atoms with Crippen molar-refractivity contribution >= 4 is 0 Å². The molecule has 1 aromatic heterocycles. The molecule has 0 saturated carbocycles. The molecule has 4 heteroatoms. The second kappa shape index (κ2) is 6.31. The number of hydrogen-bond donors (Lipinski definition) is 1. The summed E-state index contributed by atoms with van der Waals surface area (Å²) in [5.74, 6) is 1.58. The Hall–Kier alpha value is -1.81. The first-order valence-electron chi connectivity index (χ1n) is 7.61. The third-order valence-electron chi connectivity index (χ3n) is 4.27. The predicted molar refractivity (Wildman–Crippen MR) is 83.6 cm³/mol. The lowest BCUT2D eigenvalue weighted by atomic mass is 9.82. The number of aryl methyl sites for hydroxylation is 2. The lowest BCUT2D eigenvalue weighted by Gasteiger charge is -2.26. The zero-order valence-electron chi connectivity index (χ0n) is 12.8. The number of rotatable bonds is 5. The summed E-state index contributed by atoms with van der Waals surface area (Å²) in [6.07, 6.45) is 7.68. The molecule has 3 rings (SSSR count). The fraction of sp³-hybridized carbons (Fsp3) is 0.471. The van der Waals surface area contributed by atoms with Gasteiger partial charge < -0.3 is 10.1 Å². The summed E-state index contributed by atoms with van der Waals surface area (Å²) in [6.45, 7) is 1.91. The van der Waals surface area contributed by atoms with Crippen LogP contribution in [-0.2, 0) is 20.0 Å². The van der Waals surface area contributed by atoms with Crippen molar-refractivity contribution in [2.24, 2.45) is 7.05 Å². The molecule has 1 N–H and O–H groups in total. The first-order valence-corrected chi connectivity index (χ1v) is 7.61. The van der Waals surface area contributed by atoms with E-state index in [1.54, 1.807) is 7.11 Å². The zero-order chi connectivity index (χ0) is 14.7. The Kier molecular flexibility index (Phi) is 4.25. The van der Waals surface area contributed by atoms with E-state index < -0.39 is 0 Å². The summed E-state index contributed by atoms with van der Waals surface area (Å²) in [5.41, 5.74) is 4.18. The molecule has 0 aliphatic heterocycles. The lowest BCUT2D eigenvalue weighted by Crippen LogP contribution is -2.24. The minimum Gasteiger partial charge on any atom is -0.497 e. The second-order valence-electron chi connectivity index (χ2n) is 5.81. The van der Waals surface area contributed by atoms with Gasteiger partial charge in [-0.15, -0.1) is 0 Å². The van der Waals surface area contributed by atoms with E-state index in [1.807, 2.05) is 17.9 Å². The molecule has 1 aliphatic rings. The topological polar surface area (TPSA) is 39.1 Å². The molecule has 0 amide bonds. The molecule has 1 atom stereocenters. The van der Waals surface area contributed by atoms with Gasteiger partial charge in [0.1, 0.15) is 5.75 Å². The van der Waals surface area contributed by atoms with Crippen molar-refractivity contribution < 1.29 is 4.74 Å². The van der Waals surface area contributed by atoms with Gasteiger partial charge >= 0.3 is 0 Å². The molecule has 0 fully saturated rings. The van der Waals surface area contributed by atoms with Gasteiger partial charge in [-0.05, 0) is 48.4 Å². The van der Waals surface area contributed by atoms with Gasteiger partial charge in [0.15, 0.2) is 0 Å². The summed E-state index contributed by atoms with van der Waals surface area (Å²) in [6, 6.07) is 6.52. The van der Waals surface area contributed by atoms with Crippen molar-refractivity contribution in [1.29, 1.82) is 0 Å². The molecular weight excluding hydrogens is 262 g/mol. The SMILES string of the molecule is COc1ccc2c(c1)CCCC2CNCc1cnn(C)c1.